The third-order valence-corrected chi connectivity index (χ3v) is 3.29. The molecule has 1 N–H and O–H groups in total. The molecule has 0 radical (unpaired) electrons. The molecular weight excluding hydrogens is 288 g/mol. The van der Waals surface area contributed by atoms with E-state index in [2.05, 4.69) is 0 Å². The summed E-state index contributed by atoms with van der Waals surface area (Å²) >= 11 is 0. The molecule has 1 heterocycles. The van der Waals surface area contributed by atoms with Gasteiger partial charge in [0.1, 0.15) is 5.75 Å². The van der Waals surface area contributed by atoms with E-state index in [-0.39, 0.29) is 16.9 Å². The second-order valence-corrected chi connectivity index (χ2v) is 4.99. The summed E-state index contributed by atoms with van der Waals surface area (Å²) in [5, 5.41) is 8.85. The zero-order chi connectivity index (χ0) is 16.4. The minimum Gasteiger partial charge on any atom is -0.495 e. The van der Waals surface area contributed by atoms with Crippen LogP contribution < -0.4 is 9.64 Å². The van der Waals surface area contributed by atoms with E-state index in [1.165, 1.54) is 13.2 Å². The van der Waals surface area contributed by atoms with E-state index in [4.69, 9.17) is 9.84 Å². The van der Waals surface area contributed by atoms with Crippen LogP contribution in [0.4, 0.5) is 10.5 Å². The molecule has 7 nitrogen and oxygen atoms in total. The van der Waals surface area contributed by atoms with Gasteiger partial charge in [-0.2, -0.15) is 4.90 Å². The van der Waals surface area contributed by atoms with E-state index in [1.54, 1.807) is 12.1 Å². The molecule has 1 saturated heterocycles. The van der Waals surface area contributed by atoms with Crippen molar-refractivity contribution in [1.82, 2.24) is 4.90 Å². The van der Waals surface area contributed by atoms with Crippen molar-refractivity contribution in [3.05, 3.63) is 29.3 Å². The predicted octanol–water partition coefficient (Wildman–Crippen LogP) is 1.58. The monoisotopic (exact) mass is 304 g/mol. The van der Waals surface area contributed by atoms with Gasteiger partial charge in [0.05, 0.1) is 19.2 Å². The molecule has 0 unspecified atom stereocenters. The van der Waals surface area contributed by atoms with E-state index < -0.39 is 17.9 Å². The van der Waals surface area contributed by atoms with Gasteiger partial charge < -0.3 is 14.7 Å². The fraction of sp³-hybridized carbons (Fsp3) is 0.267. The van der Waals surface area contributed by atoms with Gasteiger partial charge in [-0.3, -0.25) is 9.59 Å². The molecule has 0 saturated carbocycles. The van der Waals surface area contributed by atoms with Crippen LogP contribution in [0.5, 0.6) is 5.75 Å². The highest BCUT2D eigenvalue weighted by molar-refractivity contribution is 6.22. The molecule has 1 fully saturated rings. The van der Waals surface area contributed by atoms with Crippen molar-refractivity contribution < 1.29 is 24.2 Å². The van der Waals surface area contributed by atoms with Gasteiger partial charge in [0.15, 0.2) is 0 Å². The predicted molar refractivity (Wildman–Crippen MR) is 79.8 cm³/mol. The topological polar surface area (TPSA) is 87.1 Å². The fourth-order valence-corrected chi connectivity index (χ4v) is 2.24. The molecule has 22 heavy (non-hydrogen) atoms. The van der Waals surface area contributed by atoms with Crippen LogP contribution in [0.1, 0.15) is 12.0 Å². The summed E-state index contributed by atoms with van der Waals surface area (Å²) in [5.41, 5.74) is 1.67. The molecule has 1 aromatic rings. The Kier molecular flexibility index (Phi) is 4.16. The number of carbonyl (C=O) groups excluding carboxylic acids is 2. The van der Waals surface area contributed by atoms with Crippen molar-refractivity contribution in [1.29, 1.82) is 0 Å². The van der Waals surface area contributed by atoms with Crippen molar-refractivity contribution in [3.63, 3.8) is 0 Å². The lowest BCUT2D eigenvalue weighted by Crippen LogP contribution is -2.34. The average Bonchev–Trinajstić information content (AvgIpc) is 2.72. The van der Waals surface area contributed by atoms with Crippen LogP contribution in [-0.2, 0) is 9.59 Å². The highest BCUT2D eigenvalue weighted by atomic mass is 16.5. The zero-order valence-electron chi connectivity index (χ0n) is 12.5. The van der Waals surface area contributed by atoms with Crippen LogP contribution >= 0.6 is 0 Å². The first kappa shape index (κ1) is 15.6. The molecule has 1 aromatic carbocycles. The average molecular weight is 304 g/mol. The number of carbonyl (C=O) groups is 3. The summed E-state index contributed by atoms with van der Waals surface area (Å²) in [5.74, 6) is -0.917. The highest BCUT2D eigenvalue weighted by Gasteiger charge is 2.38. The van der Waals surface area contributed by atoms with Crippen LogP contribution in [0.2, 0.25) is 0 Å². The minimum absolute atomic E-state index is 0.145. The lowest BCUT2D eigenvalue weighted by atomic mass is 10.1. The molecule has 0 atom stereocenters. The third kappa shape index (κ3) is 2.78. The number of nitrogens with zero attached hydrogens (tertiary/aromatic N) is 2. The Morgan fingerprint density at radius 1 is 1.36 bits per heavy atom. The summed E-state index contributed by atoms with van der Waals surface area (Å²) < 4.78 is 5.29. The van der Waals surface area contributed by atoms with Crippen LogP contribution in [0.15, 0.2) is 23.8 Å². The molecule has 1 aliphatic heterocycles. The standard InChI is InChI=1S/C15H16N2O5/c1-16(2)11-5-4-9(7-12(11)22-3)6-10-8-13(18)17(14(10)19)15(20)21/h4-7H,8H2,1-3H3,(H,20,21)/b10-6-. The number of benzene rings is 1. The Balaban J connectivity index is 2.36. The molecule has 0 aromatic heterocycles. The van der Waals surface area contributed by atoms with E-state index in [1.807, 2.05) is 25.1 Å². The van der Waals surface area contributed by atoms with E-state index in [0.29, 0.717) is 11.3 Å². The van der Waals surface area contributed by atoms with Gasteiger partial charge in [0.25, 0.3) is 5.91 Å². The second-order valence-electron chi connectivity index (χ2n) is 4.99. The minimum atomic E-state index is -1.56. The zero-order valence-corrected chi connectivity index (χ0v) is 12.5. The maximum atomic E-state index is 11.9. The normalized spacial score (nSPS) is 16.3. The van der Waals surface area contributed by atoms with Crippen LogP contribution in [-0.4, -0.2) is 49.1 Å². The van der Waals surface area contributed by atoms with Crippen LogP contribution in [0, 0.1) is 0 Å². The lowest BCUT2D eigenvalue weighted by molar-refractivity contribution is -0.134. The van der Waals surface area contributed by atoms with Crippen molar-refractivity contribution in [2.24, 2.45) is 0 Å². The molecule has 2 rings (SSSR count). The van der Waals surface area contributed by atoms with Crippen molar-refractivity contribution in [3.8, 4) is 5.75 Å². The second kappa shape index (κ2) is 5.88. The Morgan fingerprint density at radius 2 is 2.05 bits per heavy atom. The SMILES string of the molecule is COc1cc(/C=C2/CC(=O)N(C(=O)O)C2=O)ccc1N(C)C. The van der Waals surface area contributed by atoms with Gasteiger partial charge >= 0.3 is 6.09 Å². The largest absolute Gasteiger partial charge is 0.495 e. The molecule has 0 aliphatic carbocycles. The lowest BCUT2D eigenvalue weighted by Gasteiger charge is -2.16. The number of methoxy groups -OCH3 is 1. The number of anilines is 1. The summed E-state index contributed by atoms with van der Waals surface area (Å²) in [6.45, 7) is 0. The number of rotatable bonds is 3. The molecule has 0 spiro atoms. The molecule has 3 amide bonds. The number of amides is 3. The van der Waals surface area contributed by atoms with E-state index in [0.717, 1.165) is 5.69 Å². The van der Waals surface area contributed by atoms with Gasteiger partial charge in [0, 0.05) is 19.7 Å². The first-order valence-corrected chi connectivity index (χ1v) is 6.51. The summed E-state index contributed by atoms with van der Waals surface area (Å²) in [6, 6.07) is 5.32. The summed E-state index contributed by atoms with van der Waals surface area (Å²) in [4.78, 5) is 36.4. The Bertz CT molecular complexity index is 679. The van der Waals surface area contributed by atoms with Gasteiger partial charge in [-0.25, -0.2) is 4.79 Å². The van der Waals surface area contributed by atoms with E-state index in [9.17, 15) is 14.4 Å². The molecule has 0 bridgehead atoms. The smallest absolute Gasteiger partial charge is 0.421 e. The highest BCUT2D eigenvalue weighted by Crippen LogP contribution is 2.30. The van der Waals surface area contributed by atoms with Crippen molar-refractivity contribution >= 4 is 29.7 Å². The number of likely N-dealkylation sites (tertiary alicyclic amines) is 1. The first-order chi connectivity index (χ1) is 10.3. The summed E-state index contributed by atoms with van der Waals surface area (Å²) in [7, 11) is 5.29. The number of imide groups is 3. The van der Waals surface area contributed by atoms with Crippen LogP contribution in [0.25, 0.3) is 6.08 Å². The quantitative estimate of drug-likeness (QED) is 0.674. The molecule has 7 heteroatoms. The van der Waals surface area contributed by atoms with Gasteiger partial charge in [0.2, 0.25) is 5.91 Å². The van der Waals surface area contributed by atoms with Crippen LogP contribution in [0.3, 0.4) is 0 Å². The first-order valence-electron chi connectivity index (χ1n) is 6.51. The Morgan fingerprint density at radius 3 is 2.55 bits per heavy atom. The molecule has 1 aliphatic rings. The molecule has 116 valence electrons. The third-order valence-electron chi connectivity index (χ3n) is 3.29. The number of hydrogen-bond donors (Lipinski definition) is 1. The van der Waals surface area contributed by atoms with Gasteiger partial charge in [-0.1, -0.05) is 6.07 Å². The number of ether oxygens (including phenoxy) is 1. The van der Waals surface area contributed by atoms with Gasteiger partial charge in [-0.15, -0.1) is 0 Å². The fourth-order valence-electron chi connectivity index (χ4n) is 2.24. The number of hydrogen-bond acceptors (Lipinski definition) is 5. The Hall–Kier alpha value is -2.83. The van der Waals surface area contributed by atoms with Crippen molar-refractivity contribution in [2.45, 2.75) is 6.42 Å². The van der Waals surface area contributed by atoms with Gasteiger partial charge in [-0.05, 0) is 23.8 Å². The maximum Gasteiger partial charge on any atom is 0.421 e. The molecular formula is C15H16N2O5. The summed E-state index contributed by atoms with van der Waals surface area (Å²) in [6.07, 6.45) is -0.271. The Labute approximate surface area is 127 Å². The maximum absolute atomic E-state index is 11.9. The number of carboxylic acid groups (broad SMARTS) is 1. The van der Waals surface area contributed by atoms with Crippen molar-refractivity contribution in [2.75, 3.05) is 26.1 Å². The van der Waals surface area contributed by atoms with E-state index >= 15 is 0 Å².